The Balaban J connectivity index is 3.02. The summed E-state index contributed by atoms with van der Waals surface area (Å²) in [6.07, 6.45) is 0.649. The van der Waals surface area contributed by atoms with Gasteiger partial charge in [0.25, 0.3) is 0 Å². The highest BCUT2D eigenvalue weighted by Gasteiger charge is 2.24. The van der Waals surface area contributed by atoms with Crippen LogP contribution in [0.4, 0.5) is 0 Å². The average molecular weight is 314 g/mol. The second-order valence-corrected chi connectivity index (χ2v) is 7.25. The number of sulfonamides is 1. The van der Waals surface area contributed by atoms with Crippen LogP contribution in [0, 0.1) is 0 Å². The average Bonchev–Trinajstić information content (AvgIpc) is 2.44. The van der Waals surface area contributed by atoms with Crippen molar-refractivity contribution in [3.63, 3.8) is 0 Å². The number of benzene rings is 1. The van der Waals surface area contributed by atoms with E-state index < -0.39 is 15.6 Å². The third-order valence-electron chi connectivity index (χ3n) is 3.26. The Morgan fingerprint density at radius 1 is 1.29 bits per heavy atom. The van der Waals surface area contributed by atoms with E-state index in [4.69, 9.17) is 10.5 Å². The lowest BCUT2D eigenvalue weighted by molar-refractivity contribution is -0.00515. The summed E-state index contributed by atoms with van der Waals surface area (Å²) in [5, 5.41) is 0. The SMILES string of the molecule is CCOC(C)(C)CNS(=O)(=O)c1cc(CN)ccc1CC. The molecule has 0 amide bonds. The molecule has 0 aliphatic heterocycles. The van der Waals surface area contributed by atoms with E-state index in [2.05, 4.69) is 4.72 Å². The number of aryl methyl sites for hydroxylation is 1. The number of ether oxygens (including phenoxy) is 1. The van der Waals surface area contributed by atoms with E-state index >= 15 is 0 Å². The number of rotatable bonds is 8. The van der Waals surface area contributed by atoms with E-state index in [0.717, 1.165) is 11.1 Å². The van der Waals surface area contributed by atoms with Crippen molar-refractivity contribution in [1.82, 2.24) is 4.72 Å². The lowest BCUT2D eigenvalue weighted by atomic mass is 10.1. The molecule has 0 aromatic heterocycles. The van der Waals surface area contributed by atoms with Gasteiger partial charge in [0, 0.05) is 19.7 Å². The Labute approximate surface area is 127 Å². The largest absolute Gasteiger partial charge is 0.375 e. The second-order valence-electron chi connectivity index (χ2n) is 5.52. The molecule has 1 aromatic rings. The minimum atomic E-state index is -3.57. The fourth-order valence-electron chi connectivity index (χ4n) is 2.06. The Hall–Kier alpha value is -0.950. The van der Waals surface area contributed by atoms with Gasteiger partial charge in [-0.1, -0.05) is 19.1 Å². The van der Waals surface area contributed by atoms with Gasteiger partial charge in [-0.25, -0.2) is 13.1 Å². The molecular formula is C15H26N2O3S. The van der Waals surface area contributed by atoms with Gasteiger partial charge in [-0.2, -0.15) is 0 Å². The van der Waals surface area contributed by atoms with Crippen molar-refractivity contribution < 1.29 is 13.2 Å². The lowest BCUT2D eigenvalue weighted by Crippen LogP contribution is -2.40. The quantitative estimate of drug-likeness (QED) is 0.766. The lowest BCUT2D eigenvalue weighted by Gasteiger charge is -2.25. The first-order chi connectivity index (χ1) is 9.75. The molecule has 0 atom stereocenters. The normalized spacial score (nSPS) is 12.6. The Bertz CT molecular complexity index is 568. The van der Waals surface area contributed by atoms with Crippen molar-refractivity contribution in [1.29, 1.82) is 0 Å². The minimum absolute atomic E-state index is 0.221. The van der Waals surface area contributed by atoms with Gasteiger partial charge >= 0.3 is 0 Å². The molecule has 5 nitrogen and oxygen atoms in total. The van der Waals surface area contributed by atoms with E-state index in [1.165, 1.54) is 0 Å². The van der Waals surface area contributed by atoms with E-state index in [-0.39, 0.29) is 6.54 Å². The first kappa shape index (κ1) is 18.1. The maximum atomic E-state index is 12.5. The number of hydrogen-bond donors (Lipinski definition) is 2. The topological polar surface area (TPSA) is 81.4 Å². The smallest absolute Gasteiger partial charge is 0.240 e. The molecular weight excluding hydrogens is 288 g/mol. The fourth-order valence-corrected chi connectivity index (χ4v) is 3.61. The zero-order valence-electron chi connectivity index (χ0n) is 13.3. The summed E-state index contributed by atoms with van der Waals surface area (Å²) in [4.78, 5) is 0.306. The molecule has 0 saturated heterocycles. The first-order valence-electron chi connectivity index (χ1n) is 7.21. The molecule has 0 saturated carbocycles. The molecule has 21 heavy (non-hydrogen) atoms. The van der Waals surface area contributed by atoms with E-state index in [9.17, 15) is 8.42 Å². The highest BCUT2D eigenvalue weighted by molar-refractivity contribution is 7.89. The summed E-state index contributed by atoms with van der Waals surface area (Å²) in [6.45, 7) is 8.61. The second kappa shape index (κ2) is 7.35. The Kier molecular flexibility index (Phi) is 6.34. The molecule has 3 N–H and O–H groups in total. The Morgan fingerprint density at radius 3 is 2.48 bits per heavy atom. The fraction of sp³-hybridized carbons (Fsp3) is 0.600. The summed E-state index contributed by atoms with van der Waals surface area (Å²) in [5.41, 5.74) is 6.65. The third kappa shape index (κ3) is 5.07. The predicted molar refractivity (Wildman–Crippen MR) is 84.6 cm³/mol. The van der Waals surface area contributed by atoms with Crippen molar-refractivity contribution in [2.75, 3.05) is 13.2 Å². The van der Waals surface area contributed by atoms with Crippen molar-refractivity contribution in [3.8, 4) is 0 Å². The maximum Gasteiger partial charge on any atom is 0.240 e. The minimum Gasteiger partial charge on any atom is -0.375 e. The first-order valence-corrected chi connectivity index (χ1v) is 8.69. The van der Waals surface area contributed by atoms with Crippen molar-refractivity contribution in [3.05, 3.63) is 29.3 Å². The van der Waals surface area contributed by atoms with Gasteiger partial charge in [-0.3, -0.25) is 0 Å². The molecule has 0 aliphatic carbocycles. The maximum absolute atomic E-state index is 12.5. The van der Waals surface area contributed by atoms with Crippen LogP contribution in [0.25, 0.3) is 0 Å². The van der Waals surface area contributed by atoms with Crippen LogP contribution >= 0.6 is 0 Å². The van der Waals surface area contributed by atoms with Crippen LogP contribution in [0.5, 0.6) is 0 Å². The predicted octanol–water partition coefficient (Wildman–Crippen LogP) is 1.80. The van der Waals surface area contributed by atoms with Crippen LogP contribution < -0.4 is 10.5 Å². The van der Waals surface area contributed by atoms with Crippen molar-refractivity contribution in [2.24, 2.45) is 5.73 Å². The van der Waals surface area contributed by atoms with Crippen LogP contribution in [0.3, 0.4) is 0 Å². The number of nitrogens with one attached hydrogen (secondary N) is 1. The van der Waals surface area contributed by atoms with Gasteiger partial charge in [-0.15, -0.1) is 0 Å². The van der Waals surface area contributed by atoms with Crippen LogP contribution in [-0.4, -0.2) is 27.2 Å². The highest BCUT2D eigenvalue weighted by atomic mass is 32.2. The van der Waals surface area contributed by atoms with Crippen LogP contribution in [-0.2, 0) is 27.7 Å². The summed E-state index contributed by atoms with van der Waals surface area (Å²) in [5.74, 6) is 0. The third-order valence-corrected chi connectivity index (χ3v) is 4.74. The molecule has 0 spiro atoms. The zero-order valence-corrected chi connectivity index (χ0v) is 14.1. The summed E-state index contributed by atoms with van der Waals surface area (Å²) in [7, 11) is -3.57. The molecule has 0 fully saturated rings. The van der Waals surface area contributed by atoms with Crippen LogP contribution in [0.1, 0.15) is 38.8 Å². The Morgan fingerprint density at radius 2 is 1.95 bits per heavy atom. The molecule has 1 rings (SSSR count). The van der Waals surface area contributed by atoms with E-state index in [1.807, 2.05) is 39.8 Å². The molecule has 0 unspecified atom stereocenters. The zero-order chi connectivity index (χ0) is 16.1. The highest BCUT2D eigenvalue weighted by Crippen LogP contribution is 2.19. The monoisotopic (exact) mass is 314 g/mol. The van der Waals surface area contributed by atoms with E-state index in [1.54, 1.807) is 6.07 Å². The summed E-state index contributed by atoms with van der Waals surface area (Å²) < 4.78 is 33.2. The molecule has 1 aromatic carbocycles. The molecule has 0 heterocycles. The molecule has 0 radical (unpaired) electrons. The van der Waals surface area contributed by atoms with Gasteiger partial charge in [0.15, 0.2) is 0 Å². The van der Waals surface area contributed by atoms with Crippen molar-refractivity contribution >= 4 is 10.0 Å². The van der Waals surface area contributed by atoms with Crippen LogP contribution in [0.15, 0.2) is 23.1 Å². The van der Waals surface area contributed by atoms with E-state index in [0.29, 0.717) is 24.5 Å². The summed E-state index contributed by atoms with van der Waals surface area (Å²) >= 11 is 0. The van der Waals surface area contributed by atoms with Crippen molar-refractivity contribution in [2.45, 2.75) is 51.2 Å². The molecule has 0 aliphatic rings. The number of hydrogen-bond acceptors (Lipinski definition) is 4. The van der Waals surface area contributed by atoms with Gasteiger partial charge in [-0.05, 0) is 44.4 Å². The van der Waals surface area contributed by atoms with Gasteiger partial charge < -0.3 is 10.5 Å². The van der Waals surface area contributed by atoms with Gasteiger partial charge in [0.05, 0.1) is 10.5 Å². The molecule has 6 heteroatoms. The van der Waals surface area contributed by atoms with Crippen LogP contribution in [0.2, 0.25) is 0 Å². The number of nitrogens with two attached hydrogens (primary N) is 1. The summed E-state index contributed by atoms with van der Waals surface area (Å²) in [6, 6.07) is 5.33. The van der Waals surface area contributed by atoms with Gasteiger partial charge in [0.1, 0.15) is 0 Å². The molecule has 120 valence electrons. The standard InChI is InChI=1S/C15H26N2O3S/c1-5-13-8-7-12(10-16)9-14(13)21(18,19)17-11-15(3,4)20-6-2/h7-9,17H,5-6,10-11,16H2,1-4H3. The van der Waals surface area contributed by atoms with Gasteiger partial charge in [0.2, 0.25) is 10.0 Å². The molecule has 0 bridgehead atoms.